The van der Waals surface area contributed by atoms with E-state index in [1.807, 2.05) is 18.5 Å². The number of nitrogens with zero attached hydrogens (tertiary/aromatic N) is 6. The molecule has 0 radical (unpaired) electrons. The zero-order valence-corrected chi connectivity index (χ0v) is 19.3. The third-order valence-electron chi connectivity index (χ3n) is 6.24. The number of rotatable bonds is 7. The molecule has 0 saturated carbocycles. The topological polar surface area (TPSA) is 70.8 Å². The van der Waals surface area contributed by atoms with E-state index in [0.29, 0.717) is 6.54 Å². The van der Waals surface area contributed by atoms with Crippen molar-refractivity contribution in [1.82, 2.24) is 29.9 Å². The quantitative estimate of drug-likeness (QED) is 0.406. The summed E-state index contributed by atoms with van der Waals surface area (Å²) in [5, 5.41) is 12.0. The van der Waals surface area contributed by atoms with Gasteiger partial charge in [0.2, 0.25) is 0 Å². The van der Waals surface area contributed by atoms with Crippen molar-refractivity contribution in [2.75, 3.05) is 52.5 Å². The van der Waals surface area contributed by atoms with Crippen LogP contribution >= 0.6 is 0 Å². The Hall–Kier alpha value is -2.71. The molecule has 1 aromatic heterocycles. The van der Waals surface area contributed by atoms with Gasteiger partial charge in [-0.3, -0.25) is 4.90 Å². The van der Waals surface area contributed by atoms with E-state index in [1.165, 1.54) is 11.1 Å². The van der Waals surface area contributed by atoms with Gasteiger partial charge in [0.15, 0.2) is 11.8 Å². The molecule has 0 amide bonds. The van der Waals surface area contributed by atoms with Gasteiger partial charge >= 0.3 is 0 Å². The molecule has 2 aromatic rings. The Morgan fingerprint density at radius 2 is 1.94 bits per heavy atom. The van der Waals surface area contributed by atoms with Crippen molar-refractivity contribution in [3.63, 3.8) is 0 Å². The number of nitrogens with one attached hydrogen (secondary N) is 1. The molecule has 0 bridgehead atoms. The minimum Gasteiger partial charge on any atom is -0.379 e. The molecule has 1 fully saturated rings. The number of aryl methyl sites for hydroxylation is 1. The van der Waals surface area contributed by atoms with Crippen LogP contribution in [0.5, 0.6) is 0 Å². The summed E-state index contributed by atoms with van der Waals surface area (Å²) in [4.78, 5) is 9.73. The van der Waals surface area contributed by atoms with Gasteiger partial charge in [0.1, 0.15) is 12.4 Å². The van der Waals surface area contributed by atoms with E-state index < -0.39 is 0 Å². The summed E-state index contributed by atoms with van der Waals surface area (Å²) in [6.07, 6.45) is 4.43. The maximum absolute atomic E-state index is 5.45. The minimum absolute atomic E-state index is 0.523. The van der Waals surface area contributed by atoms with Crippen LogP contribution in [-0.4, -0.2) is 83.0 Å². The predicted molar refractivity (Wildman–Crippen MR) is 127 cm³/mol. The van der Waals surface area contributed by atoms with Crippen molar-refractivity contribution in [3.05, 3.63) is 53.6 Å². The van der Waals surface area contributed by atoms with Crippen LogP contribution in [0.4, 0.5) is 0 Å². The second kappa shape index (κ2) is 11.2. The Labute approximate surface area is 191 Å². The highest BCUT2D eigenvalue weighted by Gasteiger charge is 2.17. The molecule has 32 heavy (non-hydrogen) atoms. The molecule has 8 heteroatoms. The van der Waals surface area contributed by atoms with Crippen molar-refractivity contribution < 1.29 is 4.74 Å². The van der Waals surface area contributed by atoms with Crippen LogP contribution < -0.4 is 5.32 Å². The molecule has 1 saturated heterocycles. The maximum atomic E-state index is 5.45. The van der Waals surface area contributed by atoms with Crippen molar-refractivity contribution in [1.29, 1.82) is 0 Å². The van der Waals surface area contributed by atoms with Gasteiger partial charge in [-0.2, -0.15) is 0 Å². The molecule has 1 aromatic carbocycles. The molecule has 0 atom stereocenters. The lowest BCUT2D eigenvalue weighted by molar-refractivity contribution is 0.0375. The first-order valence-corrected chi connectivity index (χ1v) is 11.6. The van der Waals surface area contributed by atoms with Gasteiger partial charge in [-0.05, 0) is 37.4 Å². The number of ether oxygens (including phenoxy) is 1. The number of guanidine groups is 1. The lowest BCUT2D eigenvalue weighted by Crippen LogP contribution is -2.44. The highest BCUT2D eigenvalue weighted by atomic mass is 16.5. The van der Waals surface area contributed by atoms with Gasteiger partial charge < -0.3 is 19.5 Å². The van der Waals surface area contributed by atoms with Gasteiger partial charge in [-0.25, -0.2) is 4.99 Å². The Balaban J connectivity index is 1.38. The van der Waals surface area contributed by atoms with Crippen molar-refractivity contribution >= 4 is 11.5 Å². The second-order valence-corrected chi connectivity index (χ2v) is 8.39. The Bertz CT molecular complexity index is 916. The zero-order chi connectivity index (χ0) is 22.2. The molecule has 3 heterocycles. The fraction of sp³-hybridized carbons (Fsp3) is 0.542. The summed E-state index contributed by atoms with van der Waals surface area (Å²) in [5.41, 5.74) is 2.73. The lowest BCUT2D eigenvalue weighted by atomic mass is 10.00. The molecule has 2 aliphatic rings. The fourth-order valence-electron chi connectivity index (χ4n) is 4.11. The molecule has 0 spiro atoms. The van der Waals surface area contributed by atoms with Crippen LogP contribution in [-0.2, 0) is 18.3 Å². The van der Waals surface area contributed by atoms with E-state index in [0.717, 1.165) is 82.9 Å². The largest absolute Gasteiger partial charge is 0.379 e. The molecule has 4 rings (SSSR count). The van der Waals surface area contributed by atoms with Crippen LogP contribution in [0, 0.1) is 6.92 Å². The van der Waals surface area contributed by atoms with Crippen LogP contribution in [0.15, 0.2) is 41.4 Å². The number of hydrogen-bond donors (Lipinski definition) is 1. The van der Waals surface area contributed by atoms with E-state index in [1.54, 1.807) is 0 Å². The minimum atomic E-state index is 0.523. The average molecular weight is 438 g/mol. The smallest absolute Gasteiger partial charge is 0.194 e. The van der Waals surface area contributed by atoms with Crippen LogP contribution in [0.3, 0.4) is 0 Å². The van der Waals surface area contributed by atoms with Crippen molar-refractivity contribution in [3.8, 4) is 0 Å². The summed E-state index contributed by atoms with van der Waals surface area (Å²) in [7, 11) is 1.99. The van der Waals surface area contributed by atoms with Crippen LogP contribution in [0.2, 0.25) is 0 Å². The Kier molecular flexibility index (Phi) is 7.90. The van der Waals surface area contributed by atoms with Gasteiger partial charge in [0.25, 0.3) is 0 Å². The third kappa shape index (κ3) is 5.95. The number of morpholine rings is 1. The van der Waals surface area contributed by atoms with E-state index in [4.69, 9.17) is 9.73 Å². The Morgan fingerprint density at radius 3 is 2.62 bits per heavy atom. The summed E-state index contributed by atoms with van der Waals surface area (Å²) < 4.78 is 7.45. The molecule has 1 N–H and O–H groups in total. The number of aliphatic imine (C=N–C) groups is 1. The molecular formula is C24H35N7O. The highest BCUT2D eigenvalue weighted by Crippen LogP contribution is 2.22. The van der Waals surface area contributed by atoms with Crippen molar-refractivity contribution in [2.24, 2.45) is 12.0 Å². The fourth-order valence-corrected chi connectivity index (χ4v) is 4.11. The van der Waals surface area contributed by atoms with E-state index in [-0.39, 0.29) is 0 Å². The van der Waals surface area contributed by atoms with Crippen molar-refractivity contribution in [2.45, 2.75) is 26.3 Å². The molecule has 172 valence electrons. The van der Waals surface area contributed by atoms with Gasteiger partial charge in [0.05, 0.1) is 13.2 Å². The maximum Gasteiger partial charge on any atom is 0.194 e. The number of benzene rings is 1. The predicted octanol–water partition coefficient (Wildman–Crippen LogP) is 2.08. The summed E-state index contributed by atoms with van der Waals surface area (Å²) in [6, 6.07) is 10.7. The lowest BCUT2D eigenvalue weighted by Gasteiger charge is -2.30. The molecular weight excluding hydrogens is 402 g/mol. The van der Waals surface area contributed by atoms with Crippen LogP contribution in [0.25, 0.3) is 5.57 Å². The zero-order valence-electron chi connectivity index (χ0n) is 19.3. The monoisotopic (exact) mass is 437 g/mol. The van der Waals surface area contributed by atoms with Gasteiger partial charge in [-0.15, -0.1) is 10.2 Å². The summed E-state index contributed by atoms with van der Waals surface area (Å²) >= 11 is 0. The first-order valence-electron chi connectivity index (χ1n) is 11.6. The molecule has 2 aliphatic heterocycles. The van der Waals surface area contributed by atoms with E-state index in [9.17, 15) is 0 Å². The first kappa shape index (κ1) is 22.5. The highest BCUT2D eigenvalue weighted by molar-refractivity contribution is 5.81. The SMILES string of the molecule is Cc1nnc(CN=C(NCCCN2CCOCC2)N2CC=C(c3ccccc3)CC2)n1C. The molecule has 0 unspecified atom stereocenters. The standard InChI is InChI=1S/C24H35N7O/c1-20-27-28-23(29(20)2)19-26-24(25-11-6-12-30-15-17-32-18-16-30)31-13-9-22(10-14-31)21-7-4-3-5-8-21/h3-5,7-9H,6,10-19H2,1-2H3,(H,25,26). The van der Waals surface area contributed by atoms with Gasteiger partial charge in [-0.1, -0.05) is 36.4 Å². The van der Waals surface area contributed by atoms with E-state index in [2.05, 4.69) is 61.7 Å². The van der Waals surface area contributed by atoms with Crippen LogP contribution in [0.1, 0.15) is 30.1 Å². The third-order valence-corrected chi connectivity index (χ3v) is 6.24. The first-order chi connectivity index (χ1) is 15.7. The summed E-state index contributed by atoms with van der Waals surface area (Å²) in [5.74, 6) is 2.74. The molecule has 8 nitrogen and oxygen atoms in total. The number of hydrogen-bond acceptors (Lipinski definition) is 5. The second-order valence-electron chi connectivity index (χ2n) is 8.39. The molecule has 0 aliphatic carbocycles. The normalized spacial score (nSPS) is 18.0. The Morgan fingerprint density at radius 1 is 1.12 bits per heavy atom. The van der Waals surface area contributed by atoms with Gasteiger partial charge in [0, 0.05) is 39.8 Å². The number of aromatic nitrogens is 3. The van der Waals surface area contributed by atoms with E-state index >= 15 is 0 Å². The summed E-state index contributed by atoms with van der Waals surface area (Å²) in [6.45, 7) is 10.1. The average Bonchev–Trinajstić information content (AvgIpc) is 3.17.